The van der Waals surface area contributed by atoms with Gasteiger partial charge < -0.3 is 4.74 Å². The molecule has 3 rings (SSSR count). The van der Waals surface area contributed by atoms with Crippen LogP contribution in [-0.2, 0) is 0 Å². The molecule has 0 bridgehead atoms. The number of hydrogen-bond acceptors (Lipinski definition) is 1. The van der Waals surface area contributed by atoms with Crippen molar-refractivity contribution in [2.75, 3.05) is 6.61 Å². The van der Waals surface area contributed by atoms with E-state index in [1.807, 2.05) is 0 Å². The Hall–Kier alpha value is -0.980. The van der Waals surface area contributed by atoms with E-state index in [2.05, 4.69) is 24.3 Å². The second kappa shape index (κ2) is 7.15. The van der Waals surface area contributed by atoms with Gasteiger partial charge >= 0.3 is 0 Å². The lowest BCUT2D eigenvalue weighted by atomic mass is 9.83. The van der Waals surface area contributed by atoms with Crippen LogP contribution in [-0.4, -0.2) is 6.61 Å². The van der Waals surface area contributed by atoms with Crippen LogP contribution in [0.3, 0.4) is 0 Å². The van der Waals surface area contributed by atoms with E-state index in [0.29, 0.717) is 0 Å². The lowest BCUT2D eigenvalue weighted by molar-refractivity contribution is 0.206. The van der Waals surface area contributed by atoms with Crippen molar-refractivity contribution in [1.29, 1.82) is 0 Å². The summed E-state index contributed by atoms with van der Waals surface area (Å²) in [6.07, 6.45) is 13.9. The van der Waals surface area contributed by atoms with Crippen LogP contribution in [0.5, 0.6) is 5.75 Å². The molecule has 110 valence electrons. The molecular weight excluding hydrogens is 244 g/mol. The van der Waals surface area contributed by atoms with E-state index < -0.39 is 0 Å². The zero-order valence-corrected chi connectivity index (χ0v) is 12.7. The minimum Gasteiger partial charge on any atom is -0.493 e. The van der Waals surface area contributed by atoms with E-state index in [0.717, 1.165) is 18.4 Å². The highest BCUT2D eigenvalue weighted by Gasteiger charge is 2.20. The van der Waals surface area contributed by atoms with Crippen LogP contribution in [0.2, 0.25) is 0 Å². The van der Waals surface area contributed by atoms with E-state index in [1.54, 1.807) is 0 Å². The number of para-hydroxylation sites is 1. The highest BCUT2D eigenvalue weighted by Crippen LogP contribution is 2.37. The van der Waals surface area contributed by atoms with Crippen molar-refractivity contribution in [2.45, 2.75) is 70.1 Å². The zero-order chi connectivity index (χ0) is 13.6. The van der Waals surface area contributed by atoms with Gasteiger partial charge in [0.1, 0.15) is 5.75 Å². The van der Waals surface area contributed by atoms with Gasteiger partial charge in [0, 0.05) is 0 Å². The maximum Gasteiger partial charge on any atom is 0.122 e. The Bertz CT molecular complexity index is 400. The van der Waals surface area contributed by atoms with Crippen molar-refractivity contribution < 1.29 is 4.74 Å². The minimum absolute atomic E-state index is 0.742. The topological polar surface area (TPSA) is 9.23 Å². The molecule has 0 aromatic heterocycles. The molecule has 0 atom stereocenters. The smallest absolute Gasteiger partial charge is 0.122 e. The summed E-state index contributed by atoms with van der Waals surface area (Å²) in [5.41, 5.74) is 1.48. The van der Waals surface area contributed by atoms with E-state index in [4.69, 9.17) is 4.74 Å². The number of hydrogen-bond donors (Lipinski definition) is 0. The van der Waals surface area contributed by atoms with Crippen LogP contribution < -0.4 is 4.74 Å². The molecule has 2 aliphatic rings. The van der Waals surface area contributed by atoms with Gasteiger partial charge in [0.05, 0.1) is 6.61 Å². The highest BCUT2D eigenvalue weighted by molar-refractivity contribution is 5.36. The lowest BCUT2D eigenvalue weighted by Crippen LogP contribution is -2.16. The molecule has 2 saturated carbocycles. The molecule has 0 heterocycles. The molecule has 0 radical (unpaired) electrons. The molecule has 1 aromatic rings. The average molecular weight is 272 g/mol. The van der Waals surface area contributed by atoms with Gasteiger partial charge in [-0.15, -0.1) is 0 Å². The van der Waals surface area contributed by atoms with Gasteiger partial charge in [0.25, 0.3) is 0 Å². The monoisotopic (exact) mass is 272 g/mol. The predicted octanol–water partition coefficient (Wildman–Crippen LogP) is 5.69. The summed E-state index contributed by atoms with van der Waals surface area (Å²) in [6.45, 7) is 0.934. The third-order valence-electron chi connectivity index (χ3n) is 5.16. The fourth-order valence-corrected chi connectivity index (χ4v) is 3.92. The second-order valence-corrected chi connectivity index (χ2v) is 6.69. The molecule has 2 aliphatic carbocycles. The summed E-state index contributed by atoms with van der Waals surface area (Å²) in [5, 5.41) is 0. The van der Waals surface area contributed by atoms with E-state index in [1.165, 1.54) is 75.5 Å². The molecule has 0 amide bonds. The molecule has 0 saturated heterocycles. The molecule has 0 N–H and O–H groups in total. The van der Waals surface area contributed by atoms with Gasteiger partial charge in [-0.1, -0.05) is 56.7 Å². The highest BCUT2D eigenvalue weighted by atomic mass is 16.5. The normalized spacial score (nSPS) is 21.8. The first kappa shape index (κ1) is 14.0. The minimum atomic E-state index is 0.742. The van der Waals surface area contributed by atoms with Gasteiger partial charge in [-0.25, -0.2) is 0 Å². The molecule has 1 nitrogen and oxygen atoms in total. The van der Waals surface area contributed by atoms with Crippen LogP contribution in [0, 0.1) is 5.92 Å². The second-order valence-electron chi connectivity index (χ2n) is 6.69. The fraction of sp³-hybridized carbons (Fsp3) is 0.684. The van der Waals surface area contributed by atoms with Crippen LogP contribution in [0.25, 0.3) is 0 Å². The Morgan fingerprint density at radius 3 is 2.20 bits per heavy atom. The fourth-order valence-electron chi connectivity index (χ4n) is 3.92. The van der Waals surface area contributed by atoms with E-state index >= 15 is 0 Å². The molecule has 0 aliphatic heterocycles. The third kappa shape index (κ3) is 3.56. The van der Waals surface area contributed by atoms with Crippen molar-refractivity contribution >= 4 is 0 Å². The Labute approximate surface area is 123 Å². The molecule has 1 aromatic carbocycles. The number of ether oxygens (including phenoxy) is 1. The molecule has 1 heteroatoms. The lowest BCUT2D eigenvalue weighted by Gasteiger charge is -2.26. The molecule has 0 spiro atoms. The first-order chi connectivity index (χ1) is 9.93. The summed E-state index contributed by atoms with van der Waals surface area (Å²) in [4.78, 5) is 0. The average Bonchev–Trinajstić information content (AvgIpc) is 2.55. The first-order valence-electron chi connectivity index (χ1n) is 8.65. The molecule has 2 fully saturated rings. The summed E-state index contributed by atoms with van der Waals surface area (Å²) >= 11 is 0. The van der Waals surface area contributed by atoms with E-state index in [9.17, 15) is 0 Å². The molecule has 0 unspecified atom stereocenters. The first-order valence-corrected chi connectivity index (χ1v) is 8.65. The summed E-state index contributed by atoms with van der Waals surface area (Å²) in [5.74, 6) is 2.71. The standard InChI is InChI=1S/C19H28O/c1-3-9-16(10-4-1)15-20-19-14-8-7-13-18(19)17-11-5-2-6-12-17/h7-8,13-14,16-17H,1-6,9-12,15H2. The van der Waals surface area contributed by atoms with Crippen LogP contribution >= 0.6 is 0 Å². The maximum absolute atomic E-state index is 6.23. The van der Waals surface area contributed by atoms with Gasteiger partial charge in [-0.3, -0.25) is 0 Å². The molecular formula is C19H28O. The largest absolute Gasteiger partial charge is 0.493 e. The predicted molar refractivity (Wildman–Crippen MR) is 84.3 cm³/mol. The Morgan fingerprint density at radius 1 is 0.800 bits per heavy atom. The van der Waals surface area contributed by atoms with Crippen molar-refractivity contribution in [3.05, 3.63) is 29.8 Å². The molecule has 20 heavy (non-hydrogen) atoms. The van der Waals surface area contributed by atoms with Gasteiger partial charge in [0.2, 0.25) is 0 Å². The number of rotatable bonds is 4. The number of benzene rings is 1. The summed E-state index contributed by atoms with van der Waals surface area (Å²) < 4.78 is 6.23. The maximum atomic E-state index is 6.23. The summed E-state index contributed by atoms with van der Waals surface area (Å²) in [6, 6.07) is 8.79. The van der Waals surface area contributed by atoms with Crippen molar-refractivity contribution in [3.8, 4) is 5.75 Å². The van der Waals surface area contributed by atoms with Gasteiger partial charge in [-0.2, -0.15) is 0 Å². The Balaban J connectivity index is 1.62. The van der Waals surface area contributed by atoms with E-state index in [-0.39, 0.29) is 0 Å². The summed E-state index contributed by atoms with van der Waals surface area (Å²) in [7, 11) is 0. The van der Waals surface area contributed by atoms with Crippen LogP contribution in [0.15, 0.2) is 24.3 Å². The zero-order valence-electron chi connectivity index (χ0n) is 12.7. The van der Waals surface area contributed by atoms with Crippen LogP contribution in [0.4, 0.5) is 0 Å². The van der Waals surface area contributed by atoms with Crippen LogP contribution in [0.1, 0.15) is 75.7 Å². The quantitative estimate of drug-likeness (QED) is 0.683. The Morgan fingerprint density at radius 2 is 1.45 bits per heavy atom. The van der Waals surface area contributed by atoms with Crippen molar-refractivity contribution in [3.63, 3.8) is 0 Å². The van der Waals surface area contributed by atoms with Crippen molar-refractivity contribution in [2.24, 2.45) is 5.92 Å². The Kier molecular flexibility index (Phi) is 5.00. The van der Waals surface area contributed by atoms with Gasteiger partial charge in [-0.05, 0) is 49.1 Å². The SMILES string of the molecule is c1ccc(C2CCCCC2)c(OCC2CCCCC2)c1. The third-order valence-corrected chi connectivity index (χ3v) is 5.16. The van der Waals surface area contributed by atoms with Crippen molar-refractivity contribution in [1.82, 2.24) is 0 Å². The van der Waals surface area contributed by atoms with Gasteiger partial charge in [0.15, 0.2) is 0 Å².